The summed E-state index contributed by atoms with van der Waals surface area (Å²) in [6.07, 6.45) is 2.45. The Balaban J connectivity index is 1.83. The lowest BCUT2D eigenvalue weighted by Gasteiger charge is -2.35. The zero-order chi connectivity index (χ0) is 13.2. The topological polar surface area (TPSA) is 19.4 Å². The highest BCUT2D eigenvalue weighted by molar-refractivity contribution is 5.80. The number of aromatic nitrogens is 1. The number of pyridine rings is 1. The summed E-state index contributed by atoms with van der Waals surface area (Å²) in [7, 11) is 4.37. The summed E-state index contributed by atoms with van der Waals surface area (Å²) in [4.78, 5) is 9.53. The van der Waals surface area contributed by atoms with Crippen LogP contribution in [0.4, 0.5) is 5.82 Å². The van der Waals surface area contributed by atoms with Gasteiger partial charge in [-0.15, -0.1) is 0 Å². The molecule has 1 aromatic heterocycles. The minimum atomic E-state index is 0.616. The minimum Gasteiger partial charge on any atom is -0.357 e. The molecule has 0 saturated carbocycles. The van der Waals surface area contributed by atoms with E-state index in [9.17, 15) is 0 Å². The van der Waals surface area contributed by atoms with Crippen molar-refractivity contribution >= 4 is 16.7 Å². The van der Waals surface area contributed by atoms with Crippen molar-refractivity contribution in [2.45, 2.75) is 18.9 Å². The zero-order valence-corrected chi connectivity index (χ0v) is 11.7. The number of benzene rings is 1. The Hall–Kier alpha value is -1.61. The fourth-order valence-corrected chi connectivity index (χ4v) is 2.82. The van der Waals surface area contributed by atoms with Crippen LogP contribution < -0.4 is 4.90 Å². The molecule has 1 aromatic carbocycles. The van der Waals surface area contributed by atoms with Crippen LogP contribution >= 0.6 is 0 Å². The summed E-state index contributed by atoms with van der Waals surface area (Å²) >= 11 is 0. The molecule has 0 amide bonds. The summed E-state index contributed by atoms with van der Waals surface area (Å²) in [6, 6.07) is 13.2. The smallest absolute Gasteiger partial charge is 0.129 e. The van der Waals surface area contributed by atoms with Crippen LogP contribution in [0.15, 0.2) is 36.4 Å². The van der Waals surface area contributed by atoms with E-state index in [2.05, 4.69) is 60.3 Å². The van der Waals surface area contributed by atoms with Gasteiger partial charge in [-0.3, -0.25) is 0 Å². The monoisotopic (exact) mass is 255 g/mol. The molecule has 1 saturated heterocycles. The van der Waals surface area contributed by atoms with Crippen LogP contribution in [0.1, 0.15) is 12.8 Å². The van der Waals surface area contributed by atoms with Crippen LogP contribution in [0.3, 0.4) is 0 Å². The van der Waals surface area contributed by atoms with Gasteiger partial charge in [-0.05, 0) is 51.2 Å². The third-order valence-corrected chi connectivity index (χ3v) is 4.18. The average molecular weight is 255 g/mol. The van der Waals surface area contributed by atoms with E-state index in [1.807, 2.05) is 0 Å². The molecule has 19 heavy (non-hydrogen) atoms. The van der Waals surface area contributed by atoms with E-state index < -0.39 is 0 Å². The fraction of sp³-hybridized carbons (Fsp3) is 0.438. The van der Waals surface area contributed by atoms with Gasteiger partial charge in [0.25, 0.3) is 0 Å². The largest absolute Gasteiger partial charge is 0.357 e. The Labute approximate surface area is 114 Å². The van der Waals surface area contributed by atoms with Gasteiger partial charge in [-0.2, -0.15) is 0 Å². The van der Waals surface area contributed by atoms with Gasteiger partial charge in [-0.25, -0.2) is 4.98 Å². The molecule has 3 heteroatoms. The van der Waals surface area contributed by atoms with E-state index in [1.165, 1.54) is 31.3 Å². The zero-order valence-electron chi connectivity index (χ0n) is 11.7. The highest BCUT2D eigenvalue weighted by Crippen LogP contribution is 2.22. The number of fused-ring (bicyclic) bond motifs is 1. The summed E-state index contributed by atoms with van der Waals surface area (Å²) < 4.78 is 0. The Morgan fingerprint density at radius 3 is 2.63 bits per heavy atom. The van der Waals surface area contributed by atoms with Crippen LogP contribution in [0.5, 0.6) is 0 Å². The predicted octanol–water partition coefficient (Wildman–Crippen LogP) is 2.77. The van der Waals surface area contributed by atoms with Crippen LogP contribution in [0.2, 0.25) is 0 Å². The Morgan fingerprint density at radius 2 is 1.84 bits per heavy atom. The molecule has 0 N–H and O–H groups in total. The molecular weight excluding hydrogens is 234 g/mol. The van der Waals surface area contributed by atoms with Crippen LogP contribution in [0.25, 0.3) is 10.9 Å². The van der Waals surface area contributed by atoms with E-state index in [1.54, 1.807) is 0 Å². The Kier molecular flexibility index (Phi) is 3.38. The molecule has 2 aromatic rings. The molecule has 0 atom stereocenters. The number of anilines is 1. The molecule has 0 aliphatic carbocycles. The van der Waals surface area contributed by atoms with Gasteiger partial charge in [-0.1, -0.05) is 18.2 Å². The van der Waals surface area contributed by atoms with Crippen molar-refractivity contribution in [1.82, 2.24) is 9.88 Å². The number of para-hydroxylation sites is 1. The van der Waals surface area contributed by atoms with E-state index in [0.29, 0.717) is 6.04 Å². The highest BCUT2D eigenvalue weighted by atomic mass is 15.2. The second kappa shape index (κ2) is 5.17. The minimum absolute atomic E-state index is 0.616. The lowest BCUT2D eigenvalue weighted by atomic mass is 10.0. The van der Waals surface area contributed by atoms with Gasteiger partial charge in [0.2, 0.25) is 0 Å². The van der Waals surface area contributed by atoms with E-state index in [0.717, 1.165) is 11.3 Å². The fourth-order valence-electron chi connectivity index (χ4n) is 2.82. The maximum Gasteiger partial charge on any atom is 0.129 e. The maximum absolute atomic E-state index is 4.78. The first-order valence-corrected chi connectivity index (χ1v) is 7.01. The van der Waals surface area contributed by atoms with Crippen LogP contribution in [-0.2, 0) is 0 Å². The van der Waals surface area contributed by atoms with E-state index in [-0.39, 0.29) is 0 Å². The summed E-state index contributed by atoms with van der Waals surface area (Å²) in [5.41, 5.74) is 1.08. The molecule has 1 aliphatic rings. The summed E-state index contributed by atoms with van der Waals surface area (Å²) in [5.74, 6) is 1.09. The van der Waals surface area contributed by atoms with E-state index >= 15 is 0 Å². The first kappa shape index (κ1) is 12.4. The van der Waals surface area contributed by atoms with Crippen molar-refractivity contribution in [2.24, 2.45) is 0 Å². The standard InChI is InChI=1S/C16H21N3/c1-18-11-9-14(10-12-18)19(2)16-8-7-13-5-3-4-6-15(13)17-16/h3-8,14H,9-12H2,1-2H3. The molecule has 0 unspecified atom stereocenters. The number of hydrogen-bond acceptors (Lipinski definition) is 3. The third-order valence-electron chi connectivity index (χ3n) is 4.18. The van der Waals surface area contributed by atoms with Crippen LogP contribution in [-0.4, -0.2) is 43.1 Å². The SMILES string of the molecule is CN1CCC(N(C)c2ccc3ccccc3n2)CC1. The number of rotatable bonds is 2. The summed E-state index contributed by atoms with van der Waals surface area (Å²) in [5, 5.41) is 1.21. The molecule has 3 nitrogen and oxygen atoms in total. The van der Waals surface area contributed by atoms with Gasteiger partial charge in [0.15, 0.2) is 0 Å². The molecule has 0 bridgehead atoms. The first-order valence-electron chi connectivity index (χ1n) is 7.01. The predicted molar refractivity (Wildman–Crippen MR) is 80.7 cm³/mol. The van der Waals surface area contributed by atoms with Crippen molar-refractivity contribution in [2.75, 3.05) is 32.1 Å². The van der Waals surface area contributed by atoms with Gasteiger partial charge >= 0.3 is 0 Å². The van der Waals surface area contributed by atoms with Crippen molar-refractivity contribution in [3.8, 4) is 0 Å². The van der Waals surface area contributed by atoms with E-state index in [4.69, 9.17) is 4.98 Å². The maximum atomic E-state index is 4.78. The van der Waals surface area contributed by atoms with Gasteiger partial charge in [0.05, 0.1) is 5.52 Å². The Morgan fingerprint density at radius 1 is 1.11 bits per heavy atom. The van der Waals surface area contributed by atoms with Gasteiger partial charge in [0.1, 0.15) is 5.82 Å². The Bertz CT molecular complexity index is 559. The molecule has 3 rings (SSSR count). The molecule has 0 radical (unpaired) electrons. The number of piperidine rings is 1. The molecule has 1 fully saturated rings. The number of hydrogen-bond donors (Lipinski definition) is 0. The lowest BCUT2D eigenvalue weighted by molar-refractivity contribution is 0.252. The third kappa shape index (κ3) is 2.56. The van der Waals surface area contributed by atoms with Gasteiger partial charge < -0.3 is 9.80 Å². The van der Waals surface area contributed by atoms with Gasteiger partial charge in [0, 0.05) is 18.5 Å². The molecule has 2 heterocycles. The van der Waals surface area contributed by atoms with Crippen molar-refractivity contribution in [1.29, 1.82) is 0 Å². The summed E-state index contributed by atoms with van der Waals surface area (Å²) in [6.45, 7) is 2.37. The van der Waals surface area contributed by atoms with Crippen LogP contribution in [0, 0.1) is 0 Å². The molecular formula is C16H21N3. The first-order chi connectivity index (χ1) is 9.24. The number of nitrogens with zero attached hydrogens (tertiary/aromatic N) is 3. The normalized spacial score (nSPS) is 17.8. The second-order valence-electron chi connectivity index (χ2n) is 5.51. The van der Waals surface area contributed by atoms with Crippen molar-refractivity contribution < 1.29 is 0 Å². The quantitative estimate of drug-likeness (QED) is 0.822. The van der Waals surface area contributed by atoms with Crippen molar-refractivity contribution in [3.63, 3.8) is 0 Å². The lowest BCUT2D eigenvalue weighted by Crippen LogP contribution is -2.42. The molecule has 0 spiro atoms. The molecule has 1 aliphatic heterocycles. The molecule has 100 valence electrons. The second-order valence-corrected chi connectivity index (χ2v) is 5.51. The van der Waals surface area contributed by atoms with Crippen molar-refractivity contribution in [3.05, 3.63) is 36.4 Å². The highest BCUT2D eigenvalue weighted by Gasteiger charge is 2.21. The number of likely N-dealkylation sites (tertiary alicyclic amines) is 1. The average Bonchev–Trinajstić information content (AvgIpc) is 2.47.